The van der Waals surface area contributed by atoms with Crippen molar-refractivity contribution in [3.8, 4) is 5.75 Å². The molecule has 0 saturated carbocycles. The van der Waals surface area contributed by atoms with Crippen LogP contribution < -0.4 is 15.0 Å². The van der Waals surface area contributed by atoms with Gasteiger partial charge in [0.15, 0.2) is 5.75 Å². The van der Waals surface area contributed by atoms with Crippen LogP contribution in [0.15, 0.2) is 35.0 Å². The highest BCUT2D eigenvalue weighted by Crippen LogP contribution is 2.38. The number of hydrogen-bond acceptors (Lipinski definition) is 6. The normalized spacial score (nSPS) is 14.9. The van der Waals surface area contributed by atoms with Gasteiger partial charge in [-0.2, -0.15) is 11.3 Å². The maximum atomic E-state index is 12.2. The van der Waals surface area contributed by atoms with Crippen molar-refractivity contribution in [1.29, 1.82) is 0 Å². The molecule has 1 N–H and O–H groups in total. The zero-order chi connectivity index (χ0) is 18.5. The minimum absolute atomic E-state index is 0.00936. The number of nitrogens with one attached hydrogen (secondary N) is 1. The zero-order valence-electron chi connectivity index (χ0n) is 14.5. The molecule has 1 aliphatic rings. The lowest BCUT2D eigenvalue weighted by molar-refractivity contribution is -0.385. The number of thiophene rings is 1. The molecule has 0 radical (unpaired) electrons. The van der Waals surface area contributed by atoms with Gasteiger partial charge in [-0.15, -0.1) is 0 Å². The maximum absolute atomic E-state index is 12.2. The number of carbonyl (C=O) groups is 1. The Morgan fingerprint density at radius 3 is 2.77 bits per heavy atom. The van der Waals surface area contributed by atoms with E-state index in [9.17, 15) is 14.9 Å². The lowest BCUT2D eigenvalue weighted by atomic mass is 10.0. The molecule has 0 bridgehead atoms. The van der Waals surface area contributed by atoms with Gasteiger partial charge in [0.05, 0.1) is 11.5 Å². The Bertz CT molecular complexity index is 771. The Morgan fingerprint density at radius 2 is 2.15 bits per heavy atom. The summed E-state index contributed by atoms with van der Waals surface area (Å²) in [7, 11) is 0. The summed E-state index contributed by atoms with van der Waals surface area (Å²) in [6, 6.07) is 7.03. The molecule has 1 aromatic carbocycles. The summed E-state index contributed by atoms with van der Waals surface area (Å²) in [4.78, 5) is 25.3. The average Bonchev–Trinajstić information content (AvgIpc) is 3.17. The number of piperidine rings is 1. The summed E-state index contributed by atoms with van der Waals surface area (Å²) in [6.45, 7) is 3.47. The number of ether oxygens (including phenoxy) is 1. The van der Waals surface area contributed by atoms with Crippen molar-refractivity contribution in [3.63, 3.8) is 0 Å². The SMILES string of the molecule is CCOc1cccc(N2CCC(NC(=O)c3ccsc3)CC2)c1[N+](=O)[O-]. The van der Waals surface area contributed by atoms with Crippen LogP contribution in [0.4, 0.5) is 11.4 Å². The van der Waals surface area contributed by atoms with E-state index >= 15 is 0 Å². The first-order chi connectivity index (χ1) is 12.6. The largest absolute Gasteiger partial charge is 0.487 e. The summed E-state index contributed by atoms with van der Waals surface area (Å²) in [5, 5.41) is 18.3. The molecule has 26 heavy (non-hydrogen) atoms. The number of nitro groups is 1. The van der Waals surface area contributed by atoms with E-state index in [1.807, 2.05) is 15.7 Å². The van der Waals surface area contributed by atoms with E-state index in [1.54, 1.807) is 31.2 Å². The van der Waals surface area contributed by atoms with Crippen LogP contribution in [-0.2, 0) is 0 Å². The molecule has 1 fully saturated rings. The van der Waals surface area contributed by atoms with Gasteiger partial charge in [-0.1, -0.05) is 6.07 Å². The quantitative estimate of drug-likeness (QED) is 0.617. The molecule has 0 unspecified atom stereocenters. The van der Waals surface area contributed by atoms with Gasteiger partial charge in [0.2, 0.25) is 0 Å². The topological polar surface area (TPSA) is 84.7 Å². The van der Waals surface area contributed by atoms with Crippen molar-refractivity contribution in [1.82, 2.24) is 5.32 Å². The summed E-state index contributed by atoms with van der Waals surface area (Å²) in [6.07, 6.45) is 1.48. The van der Waals surface area contributed by atoms with Crippen LogP contribution in [0.1, 0.15) is 30.1 Å². The zero-order valence-corrected chi connectivity index (χ0v) is 15.3. The first kappa shape index (κ1) is 18.2. The van der Waals surface area contributed by atoms with Crippen LogP contribution in [0, 0.1) is 10.1 Å². The minimum atomic E-state index is -0.384. The molecule has 7 nitrogen and oxygen atoms in total. The predicted octanol–water partition coefficient (Wildman–Crippen LogP) is 3.45. The number of nitrogens with zero attached hydrogens (tertiary/aromatic N) is 2. The number of rotatable bonds is 6. The third kappa shape index (κ3) is 3.96. The van der Waals surface area contributed by atoms with Gasteiger partial charge in [-0.3, -0.25) is 14.9 Å². The summed E-state index contributed by atoms with van der Waals surface area (Å²) >= 11 is 1.49. The monoisotopic (exact) mass is 375 g/mol. The molecular weight excluding hydrogens is 354 g/mol. The first-order valence-electron chi connectivity index (χ1n) is 8.58. The van der Waals surface area contributed by atoms with Crippen molar-refractivity contribution in [2.24, 2.45) is 0 Å². The summed E-state index contributed by atoms with van der Waals surface area (Å²) < 4.78 is 5.42. The molecule has 1 amide bonds. The highest BCUT2D eigenvalue weighted by Gasteiger charge is 2.28. The lowest BCUT2D eigenvalue weighted by Gasteiger charge is -2.33. The molecular formula is C18H21N3O4S. The van der Waals surface area contributed by atoms with E-state index in [-0.39, 0.29) is 22.6 Å². The fourth-order valence-corrected chi connectivity index (χ4v) is 3.78. The number of para-hydroxylation sites is 1. The van der Waals surface area contributed by atoms with E-state index in [4.69, 9.17) is 4.74 Å². The maximum Gasteiger partial charge on any atom is 0.333 e. The van der Waals surface area contributed by atoms with Crippen LogP contribution in [0.5, 0.6) is 5.75 Å². The van der Waals surface area contributed by atoms with E-state index < -0.39 is 0 Å². The van der Waals surface area contributed by atoms with Crippen molar-refractivity contribution in [2.75, 3.05) is 24.6 Å². The Morgan fingerprint density at radius 1 is 1.38 bits per heavy atom. The van der Waals surface area contributed by atoms with Gasteiger partial charge in [0.25, 0.3) is 5.91 Å². The number of amides is 1. The van der Waals surface area contributed by atoms with Crippen LogP contribution in [0.25, 0.3) is 0 Å². The minimum Gasteiger partial charge on any atom is -0.487 e. The van der Waals surface area contributed by atoms with E-state index in [0.29, 0.717) is 36.7 Å². The molecule has 0 spiro atoms. The van der Waals surface area contributed by atoms with Gasteiger partial charge in [0, 0.05) is 30.1 Å². The Labute approximate surface area is 155 Å². The third-order valence-corrected chi connectivity index (χ3v) is 5.10. The summed E-state index contributed by atoms with van der Waals surface area (Å²) in [5.74, 6) is 0.233. The Kier molecular flexibility index (Phi) is 5.72. The Hall–Kier alpha value is -2.61. The van der Waals surface area contributed by atoms with Crippen molar-refractivity contribution in [2.45, 2.75) is 25.8 Å². The highest BCUT2D eigenvalue weighted by molar-refractivity contribution is 7.08. The van der Waals surface area contributed by atoms with Crippen LogP contribution >= 0.6 is 11.3 Å². The second-order valence-electron chi connectivity index (χ2n) is 6.06. The molecule has 138 valence electrons. The smallest absolute Gasteiger partial charge is 0.333 e. The fourth-order valence-electron chi connectivity index (χ4n) is 3.15. The van der Waals surface area contributed by atoms with Gasteiger partial charge in [-0.05, 0) is 43.3 Å². The standard InChI is InChI=1S/C18H21N3O4S/c1-2-25-16-5-3-4-15(17(16)21(23)24)20-9-6-14(7-10-20)19-18(22)13-8-11-26-12-13/h3-5,8,11-12,14H,2,6-7,9-10H2,1H3,(H,19,22). The van der Waals surface area contributed by atoms with Gasteiger partial charge < -0.3 is 15.0 Å². The molecule has 1 aliphatic heterocycles. The molecule has 1 saturated heterocycles. The number of carbonyl (C=O) groups excluding carboxylic acids is 1. The van der Waals surface area contributed by atoms with Crippen LogP contribution in [0.3, 0.4) is 0 Å². The number of benzene rings is 1. The van der Waals surface area contributed by atoms with Crippen molar-refractivity contribution >= 4 is 28.6 Å². The highest BCUT2D eigenvalue weighted by atomic mass is 32.1. The first-order valence-corrected chi connectivity index (χ1v) is 9.52. The van der Waals surface area contributed by atoms with Crippen molar-refractivity contribution in [3.05, 3.63) is 50.7 Å². The number of hydrogen-bond donors (Lipinski definition) is 1. The molecule has 0 atom stereocenters. The summed E-state index contributed by atoms with van der Waals surface area (Å²) in [5.41, 5.74) is 1.26. The molecule has 2 aromatic rings. The molecule has 0 aliphatic carbocycles. The predicted molar refractivity (Wildman–Crippen MR) is 101 cm³/mol. The lowest BCUT2D eigenvalue weighted by Crippen LogP contribution is -2.44. The third-order valence-electron chi connectivity index (χ3n) is 4.41. The van der Waals surface area contributed by atoms with Crippen molar-refractivity contribution < 1.29 is 14.5 Å². The molecule has 1 aromatic heterocycles. The second kappa shape index (κ2) is 8.18. The van der Waals surface area contributed by atoms with Gasteiger partial charge >= 0.3 is 5.69 Å². The van der Waals surface area contributed by atoms with Crippen LogP contribution in [0.2, 0.25) is 0 Å². The van der Waals surface area contributed by atoms with E-state index in [1.165, 1.54) is 11.3 Å². The van der Waals surface area contributed by atoms with E-state index in [0.717, 1.165) is 12.8 Å². The molecule has 2 heterocycles. The fraction of sp³-hybridized carbons (Fsp3) is 0.389. The number of nitro benzene ring substituents is 1. The second-order valence-corrected chi connectivity index (χ2v) is 6.84. The number of anilines is 1. The Balaban J connectivity index is 1.67. The van der Waals surface area contributed by atoms with Gasteiger partial charge in [-0.25, -0.2) is 0 Å². The average molecular weight is 375 g/mol. The van der Waals surface area contributed by atoms with E-state index in [2.05, 4.69) is 5.32 Å². The van der Waals surface area contributed by atoms with Crippen LogP contribution in [-0.4, -0.2) is 36.6 Å². The van der Waals surface area contributed by atoms with Gasteiger partial charge in [0.1, 0.15) is 5.69 Å². The molecule has 3 rings (SSSR count). The molecule has 8 heteroatoms.